The summed E-state index contributed by atoms with van der Waals surface area (Å²) >= 11 is 0. The summed E-state index contributed by atoms with van der Waals surface area (Å²) in [5.74, 6) is 0. The van der Waals surface area contributed by atoms with Gasteiger partial charge in [0.15, 0.2) is 0 Å². The van der Waals surface area contributed by atoms with E-state index in [4.69, 9.17) is 178 Å². The molecule has 0 aliphatic rings. The Balaban J connectivity index is 0.000000255. The van der Waals surface area contributed by atoms with Gasteiger partial charge in [-0.2, -0.15) is 0 Å². The van der Waals surface area contributed by atoms with E-state index >= 15 is 0 Å². The lowest BCUT2D eigenvalue weighted by molar-refractivity contribution is 1.18. The molecular formula is C91H93B41. The summed E-state index contributed by atoms with van der Waals surface area (Å²) in [7, 11) is 163. The predicted octanol–water partition coefficient (Wildman–Crippen LogP) is 3.48. The molecule has 12 aromatic rings. The zero-order chi connectivity index (χ0) is 99.6. The normalized spacial score (nSPS) is 11.4. The summed E-state index contributed by atoms with van der Waals surface area (Å²) in [6.45, 7) is 62.6. The third-order valence-corrected chi connectivity index (χ3v) is 33.0. The summed E-state index contributed by atoms with van der Waals surface area (Å²) < 4.78 is 0. The first-order valence-corrected chi connectivity index (χ1v) is 46.3. The first-order valence-electron chi connectivity index (χ1n) is 46.3. The maximum atomic E-state index is 7.52. The van der Waals surface area contributed by atoms with Crippen LogP contribution in [0.5, 0.6) is 0 Å². The van der Waals surface area contributed by atoms with Crippen LogP contribution in [0.4, 0.5) is 0 Å². The molecule has 0 amide bonds. The van der Waals surface area contributed by atoms with Crippen LogP contribution in [-0.2, 0) is 0 Å². The maximum Gasteiger partial charge on any atom is 0.113 e. The van der Waals surface area contributed by atoms with Gasteiger partial charge in [0, 0.05) is 236 Å². The highest BCUT2D eigenvalue weighted by atomic mass is 14.4. The number of rotatable bonds is 22. The average molecular weight is 1630 g/mol. The second-order valence-electron chi connectivity index (χ2n) is 39.1. The molecule has 12 aromatic carbocycles. The SMILES string of the molecule is [B][B]B(B([B])[B])c1c(B(B([B])[B])B([B])[B])c(C)c2c(C)c(C)c(-c3c4c(C)c(C)c(C)c(C)c4c(-c4c(C)c(C)c(C)c(C)c4C)c4c(C)c(C)c(C)c(C)c34)c(B([B])[B][B])c2c1B([B])B([B])[B].[B][B]B([B])B(B([B])[B])c1c(C)c(C)c(B([B])B([B])[B])c2c(-c3c4c(C)c(C)c(C)c(C)c4c(-c4c(C)c(C)c(C)c(C)c4C)c4c(C)c(C)c(C)c(C)c34)c(B([B])[B])c([B][B])c([B])c12. The fourth-order valence-corrected chi connectivity index (χ4v) is 23.2. The van der Waals surface area contributed by atoms with Crippen LogP contribution >= 0.6 is 0 Å². The van der Waals surface area contributed by atoms with Crippen LogP contribution in [0.2, 0.25) is 0 Å². The Morgan fingerprint density at radius 2 is 0.462 bits per heavy atom. The zero-order valence-corrected chi connectivity index (χ0v) is 84.7. The van der Waals surface area contributed by atoms with Gasteiger partial charge in [0.25, 0.3) is 0 Å². The van der Waals surface area contributed by atoms with Gasteiger partial charge in [-0.3, -0.25) is 0 Å². The van der Waals surface area contributed by atoms with Crippen LogP contribution in [0.25, 0.3) is 109 Å². The summed E-state index contributed by atoms with van der Waals surface area (Å²) in [5.41, 5.74) is 50.3. The molecule has 0 N–H and O–H groups in total. The highest BCUT2D eigenvalue weighted by molar-refractivity contribution is 7.88. The second-order valence-corrected chi connectivity index (χ2v) is 39.1. The highest BCUT2D eigenvalue weighted by Crippen LogP contribution is 2.56. The molecule has 50 radical (unpaired) electrons. The molecule has 41 heteroatoms. The van der Waals surface area contributed by atoms with E-state index in [2.05, 4.69) is 194 Å². The van der Waals surface area contributed by atoms with E-state index < -0.39 is 90.2 Å². The summed E-state index contributed by atoms with van der Waals surface area (Å²) in [6, 6.07) is 0. The van der Waals surface area contributed by atoms with Gasteiger partial charge in [0.2, 0.25) is 0 Å². The molecule has 0 aromatic heterocycles. The molecule has 0 spiro atoms. The molecular weight excluding hydrogens is 1540 g/mol. The van der Waals surface area contributed by atoms with Crippen LogP contribution in [0, 0.1) is 215 Å². The van der Waals surface area contributed by atoms with Crippen molar-refractivity contribution in [2.75, 3.05) is 0 Å². The van der Waals surface area contributed by atoms with Crippen LogP contribution in [-0.4, -0.2) is 297 Å². The Labute approximate surface area is 835 Å². The standard InChI is InChI=1S/C46H48B22.C45H45B19/c1-17-18(2)24(8)33(25(9)19(17)3)40-35-26(10)20(4)22(6)28(12)37(35)41(38-29(13)23(7)21(5)27(11)36(38)40)39-31(15)30(14)34-32(16)43(64(67(55)56)68(57)58)46(63(60-48)66(53)54)45(62(50)65(51)52)42(34)44(39)61(49)59-47;1-16-17(2)23(8)31(24(9)18(16)3)36-32-25(10)19(4)21(6)27(12)34(32)37(35-28(13)22(7)20(5)26(11)33(35)36)38-39-40(41(46)42(57-47)45(38)59(49)50)44(61(63(54)55)64(56)58-48)30(15)29(14)43(39)60(51)62(52)53/h1-16H3;1-15H3. The molecule has 0 saturated heterocycles. The van der Waals surface area contributed by atoms with E-state index in [1.54, 1.807) is 0 Å². The third-order valence-electron chi connectivity index (χ3n) is 33.0. The summed E-state index contributed by atoms with van der Waals surface area (Å²) in [5, 5.41) is 12.0. The minimum atomic E-state index is -1.08. The van der Waals surface area contributed by atoms with E-state index in [0.29, 0.717) is 49.0 Å². The largest absolute Gasteiger partial charge is 0.113 e. The van der Waals surface area contributed by atoms with Crippen molar-refractivity contribution < 1.29 is 0 Å². The van der Waals surface area contributed by atoms with Gasteiger partial charge in [-0.25, -0.2) is 0 Å². The number of hydrogen-bond acceptors (Lipinski definition) is 0. The Hall–Kier alpha value is -5.14. The van der Waals surface area contributed by atoms with Crippen LogP contribution in [0.1, 0.15) is 172 Å². The number of benzene rings is 12. The van der Waals surface area contributed by atoms with Crippen LogP contribution in [0.3, 0.4) is 0 Å². The van der Waals surface area contributed by atoms with Gasteiger partial charge in [0.1, 0.15) is 7.85 Å². The maximum absolute atomic E-state index is 7.52. The van der Waals surface area contributed by atoms with Gasteiger partial charge in [-0.05, 0) is 480 Å². The Morgan fingerprint density at radius 1 is 0.182 bits per heavy atom. The molecule has 0 saturated carbocycles. The van der Waals surface area contributed by atoms with Crippen LogP contribution < -0.4 is 49.2 Å². The fourth-order valence-electron chi connectivity index (χ4n) is 23.2. The lowest BCUT2D eigenvalue weighted by Crippen LogP contribution is -2.74. The van der Waals surface area contributed by atoms with Gasteiger partial charge < -0.3 is 0 Å². The molecule has 0 aliphatic heterocycles. The van der Waals surface area contributed by atoms with Gasteiger partial charge in [-0.1, -0.05) is 49.5 Å². The molecule has 0 aliphatic carbocycles. The van der Waals surface area contributed by atoms with E-state index in [1.165, 1.54) is 195 Å². The minimum absolute atomic E-state index is 0.325. The van der Waals surface area contributed by atoms with Gasteiger partial charge in [-0.15, -0.1) is 16.4 Å². The van der Waals surface area contributed by atoms with Gasteiger partial charge >= 0.3 is 0 Å². The Kier molecular flexibility index (Phi) is 32.7. The van der Waals surface area contributed by atoms with Crippen molar-refractivity contribution in [3.05, 3.63) is 172 Å². The summed E-state index contributed by atoms with van der Waals surface area (Å²) in [4.78, 5) is 0. The molecule has 0 nitrogen and oxygen atoms in total. The quantitative estimate of drug-likeness (QED) is 0.0722. The molecule has 0 bridgehead atoms. The van der Waals surface area contributed by atoms with E-state index in [9.17, 15) is 0 Å². The lowest BCUT2D eigenvalue weighted by atomic mass is 8.68. The average Bonchev–Trinajstić information content (AvgIpc) is 0.681. The monoisotopic (exact) mass is 1640 g/mol. The molecule has 0 atom stereocenters. The number of fused-ring (bicyclic) bond motifs is 6. The van der Waals surface area contributed by atoms with Crippen molar-refractivity contribution in [1.82, 2.24) is 0 Å². The molecule has 0 unspecified atom stereocenters. The predicted molar refractivity (Wildman–Crippen MR) is 639 cm³/mol. The van der Waals surface area contributed by atoms with Crippen molar-refractivity contribution in [2.24, 2.45) is 0 Å². The van der Waals surface area contributed by atoms with E-state index in [1.807, 2.05) is 20.8 Å². The summed E-state index contributed by atoms with van der Waals surface area (Å²) in [6.07, 6.45) is -6.78. The molecule has 0 fully saturated rings. The minimum Gasteiger partial charge on any atom is -0.112 e. The zero-order valence-electron chi connectivity index (χ0n) is 84.7. The second kappa shape index (κ2) is 40.2. The smallest absolute Gasteiger partial charge is 0.112 e. The van der Waals surface area contributed by atoms with Crippen molar-refractivity contribution >= 4 is 410 Å². The molecule has 12 rings (SSSR count). The fraction of sp³-hybridized carbons (Fsp3) is 0.341. The number of hydrogen-bond donors (Lipinski definition) is 0. The Morgan fingerprint density at radius 3 is 0.742 bits per heavy atom. The van der Waals surface area contributed by atoms with Crippen LogP contribution in [0.15, 0.2) is 0 Å². The van der Waals surface area contributed by atoms with Crippen molar-refractivity contribution in [2.45, 2.75) is 215 Å². The molecule has 132 heavy (non-hydrogen) atoms. The van der Waals surface area contributed by atoms with Crippen molar-refractivity contribution in [3.8, 4) is 44.5 Å². The highest BCUT2D eigenvalue weighted by Gasteiger charge is 2.43. The van der Waals surface area contributed by atoms with Gasteiger partial charge in [0.05, 0.1) is 52.6 Å². The van der Waals surface area contributed by atoms with Crippen molar-refractivity contribution in [1.29, 1.82) is 0 Å². The van der Waals surface area contributed by atoms with E-state index in [0.717, 1.165) is 115 Å². The number of aryl methyl sites for hydroxylation is 10. The Bertz CT molecular complexity index is 6600. The lowest BCUT2D eigenvalue weighted by Gasteiger charge is -2.39. The first kappa shape index (κ1) is 107. The topological polar surface area (TPSA) is 0 Å². The first-order chi connectivity index (χ1) is 61.3. The third kappa shape index (κ3) is 16.7. The van der Waals surface area contributed by atoms with Crippen molar-refractivity contribution in [3.63, 3.8) is 0 Å². The molecule has 580 valence electrons. The van der Waals surface area contributed by atoms with E-state index in [-0.39, 0.29) is 0 Å². The molecule has 0 heterocycles.